The van der Waals surface area contributed by atoms with Crippen molar-refractivity contribution in [1.82, 2.24) is 0 Å². The number of hydrogen-bond acceptors (Lipinski definition) is 2. The number of hydrogen-bond donors (Lipinski definition) is 0. The summed E-state index contributed by atoms with van der Waals surface area (Å²) in [5.74, 6) is 0.769. The molecule has 0 aromatic heterocycles. The van der Waals surface area contributed by atoms with Gasteiger partial charge in [-0.05, 0) is 24.3 Å². The van der Waals surface area contributed by atoms with Gasteiger partial charge in [0, 0.05) is 35.1 Å². The molecule has 1 aromatic carbocycles. The zero-order valence-electron chi connectivity index (χ0n) is 6.70. The molecular formula is C8H8NaO2. The van der Waals surface area contributed by atoms with E-state index in [0.717, 1.165) is 12.0 Å². The quantitative estimate of drug-likeness (QED) is 0.477. The van der Waals surface area contributed by atoms with Gasteiger partial charge >= 0.3 is 0 Å². The minimum atomic E-state index is 0. The van der Waals surface area contributed by atoms with Gasteiger partial charge in [0.1, 0.15) is 12.0 Å². The first-order valence-electron chi connectivity index (χ1n) is 2.96. The molecule has 0 atom stereocenters. The largest absolute Gasteiger partial charge is 0.497 e. The van der Waals surface area contributed by atoms with Crippen molar-refractivity contribution in [2.75, 3.05) is 7.11 Å². The summed E-state index contributed by atoms with van der Waals surface area (Å²) in [6.45, 7) is 0. The van der Waals surface area contributed by atoms with Crippen LogP contribution in [0.25, 0.3) is 0 Å². The van der Waals surface area contributed by atoms with E-state index in [1.807, 2.05) is 0 Å². The van der Waals surface area contributed by atoms with Crippen LogP contribution in [-0.4, -0.2) is 43.0 Å². The average Bonchev–Trinajstić information content (AvgIpc) is 2.05. The number of carbonyl (C=O) groups excluding carboxylic acids is 1. The maximum atomic E-state index is 10.2. The summed E-state index contributed by atoms with van der Waals surface area (Å²) >= 11 is 0. The summed E-state index contributed by atoms with van der Waals surface area (Å²) in [6, 6.07) is 6.94. The van der Waals surface area contributed by atoms with Crippen molar-refractivity contribution in [3.05, 3.63) is 29.8 Å². The number of ether oxygens (including phenoxy) is 1. The van der Waals surface area contributed by atoms with Crippen molar-refractivity contribution in [3.8, 4) is 5.75 Å². The fourth-order valence-electron chi connectivity index (χ4n) is 0.682. The molecule has 3 heteroatoms. The van der Waals surface area contributed by atoms with Crippen LogP contribution >= 0.6 is 0 Å². The van der Waals surface area contributed by atoms with Crippen LogP contribution in [0, 0.1) is 0 Å². The third kappa shape index (κ3) is 3.06. The molecule has 2 nitrogen and oxygen atoms in total. The molecule has 0 aliphatic carbocycles. The van der Waals surface area contributed by atoms with Crippen molar-refractivity contribution in [1.29, 1.82) is 0 Å². The fourth-order valence-corrected chi connectivity index (χ4v) is 0.682. The van der Waals surface area contributed by atoms with Gasteiger partial charge in [0.25, 0.3) is 0 Å². The first-order chi connectivity index (χ1) is 4.86. The first kappa shape index (κ1) is 10.7. The van der Waals surface area contributed by atoms with Crippen LogP contribution in [0.15, 0.2) is 24.3 Å². The van der Waals surface area contributed by atoms with Crippen LogP contribution in [0.5, 0.6) is 5.75 Å². The molecule has 0 bridgehead atoms. The molecule has 11 heavy (non-hydrogen) atoms. The van der Waals surface area contributed by atoms with E-state index in [-0.39, 0.29) is 29.6 Å². The molecule has 0 amide bonds. The monoisotopic (exact) mass is 159 g/mol. The number of methoxy groups -OCH3 is 1. The molecule has 0 aliphatic heterocycles. The molecular weight excluding hydrogens is 151 g/mol. The third-order valence-corrected chi connectivity index (χ3v) is 1.25. The van der Waals surface area contributed by atoms with Crippen LogP contribution in [-0.2, 0) is 0 Å². The predicted molar refractivity (Wildman–Crippen MR) is 44.1 cm³/mol. The van der Waals surface area contributed by atoms with Gasteiger partial charge < -0.3 is 4.74 Å². The van der Waals surface area contributed by atoms with Gasteiger partial charge in [-0.15, -0.1) is 0 Å². The molecule has 1 radical (unpaired) electrons. The molecule has 0 unspecified atom stereocenters. The Morgan fingerprint density at radius 1 is 1.27 bits per heavy atom. The van der Waals surface area contributed by atoms with Crippen molar-refractivity contribution in [3.63, 3.8) is 0 Å². The summed E-state index contributed by atoms with van der Waals surface area (Å²) < 4.78 is 4.90. The Labute approximate surface area is 87.8 Å². The predicted octanol–water partition coefficient (Wildman–Crippen LogP) is 1.13. The van der Waals surface area contributed by atoms with Crippen LogP contribution < -0.4 is 4.74 Å². The number of benzene rings is 1. The second kappa shape index (κ2) is 5.35. The maximum Gasteiger partial charge on any atom is 0.150 e. The van der Waals surface area contributed by atoms with E-state index in [2.05, 4.69) is 0 Å². The Balaban J connectivity index is 0.000001000. The van der Waals surface area contributed by atoms with Gasteiger partial charge in [-0.3, -0.25) is 4.79 Å². The second-order valence-electron chi connectivity index (χ2n) is 1.89. The van der Waals surface area contributed by atoms with Gasteiger partial charge in [0.15, 0.2) is 0 Å². The van der Waals surface area contributed by atoms with Gasteiger partial charge in [-0.2, -0.15) is 0 Å². The van der Waals surface area contributed by atoms with Gasteiger partial charge in [0.2, 0.25) is 0 Å². The number of carbonyl (C=O) groups is 1. The first-order valence-corrected chi connectivity index (χ1v) is 2.96. The van der Waals surface area contributed by atoms with Crippen LogP contribution in [0.1, 0.15) is 10.4 Å². The second-order valence-corrected chi connectivity index (χ2v) is 1.89. The molecule has 1 aromatic rings. The van der Waals surface area contributed by atoms with Gasteiger partial charge in [-0.25, -0.2) is 0 Å². The van der Waals surface area contributed by atoms with Crippen molar-refractivity contribution in [2.24, 2.45) is 0 Å². The van der Waals surface area contributed by atoms with E-state index in [4.69, 9.17) is 4.74 Å². The van der Waals surface area contributed by atoms with Gasteiger partial charge in [0.05, 0.1) is 7.11 Å². The molecule has 0 fully saturated rings. The van der Waals surface area contributed by atoms with E-state index in [1.54, 1.807) is 31.4 Å². The summed E-state index contributed by atoms with van der Waals surface area (Å²) in [5.41, 5.74) is 0.667. The van der Waals surface area contributed by atoms with Crippen LogP contribution in [0.2, 0.25) is 0 Å². The standard InChI is InChI=1S/C8H8O2.Na/c1-10-8-4-2-7(6-9)3-5-8;/h2-6H,1H3;. The van der Waals surface area contributed by atoms with Crippen molar-refractivity contribution < 1.29 is 9.53 Å². The zero-order valence-corrected chi connectivity index (χ0v) is 8.70. The molecule has 0 aliphatic rings. The van der Waals surface area contributed by atoms with Crippen LogP contribution in [0.4, 0.5) is 0 Å². The number of aldehydes is 1. The van der Waals surface area contributed by atoms with Crippen molar-refractivity contribution >= 4 is 35.8 Å². The Bertz CT molecular complexity index is 218. The topological polar surface area (TPSA) is 26.3 Å². The third-order valence-electron chi connectivity index (χ3n) is 1.25. The minimum Gasteiger partial charge on any atom is -0.497 e. The normalized spacial score (nSPS) is 8.09. The molecule has 0 saturated carbocycles. The Kier molecular flexibility index (Phi) is 5.20. The Hall–Kier alpha value is -0.310. The van der Waals surface area contributed by atoms with E-state index >= 15 is 0 Å². The van der Waals surface area contributed by atoms with Crippen LogP contribution in [0.3, 0.4) is 0 Å². The fraction of sp³-hybridized carbons (Fsp3) is 0.125. The molecule has 0 N–H and O–H groups in total. The van der Waals surface area contributed by atoms with E-state index in [9.17, 15) is 4.79 Å². The molecule has 0 spiro atoms. The molecule has 1 rings (SSSR count). The average molecular weight is 159 g/mol. The van der Waals surface area contributed by atoms with Gasteiger partial charge in [-0.1, -0.05) is 0 Å². The summed E-state index contributed by atoms with van der Waals surface area (Å²) in [6.07, 6.45) is 0.805. The van der Waals surface area contributed by atoms with Crippen molar-refractivity contribution in [2.45, 2.75) is 0 Å². The summed E-state index contributed by atoms with van der Waals surface area (Å²) in [7, 11) is 1.59. The smallest absolute Gasteiger partial charge is 0.150 e. The van der Waals surface area contributed by atoms with E-state index < -0.39 is 0 Å². The maximum absolute atomic E-state index is 10.2. The minimum absolute atomic E-state index is 0. The SMILES string of the molecule is COc1ccc(C=O)cc1.[Na]. The zero-order chi connectivity index (χ0) is 7.40. The molecule has 0 heterocycles. The van der Waals surface area contributed by atoms with E-state index in [0.29, 0.717) is 5.56 Å². The molecule has 53 valence electrons. The summed E-state index contributed by atoms with van der Waals surface area (Å²) in [4.78, 5) is 10.2. The van der Waals surface area contributed by atoms with E-state index in [1.165, 1.54) is 0 Å². The summed E-state index contributed by atoms with van der Waals surface area (Å²) in [5, 5.41) is 0. The Morgan fingerprint density at radius 3 is 2.18 bits per heavy atom. The molecule has 0 saturated heterocycles. The number of rotatable bonds is 2. The Morgan fingerprint density at radius 2 is 1.82 bits per heavy atom.